The van der Waals surface area contributed by atoms with Gasteiger partial charge in [0.1, 0.15) is 12.1 Å². The number of aliphatic carboxylic acids is 2. The molecule has 0 radical (unpaired) electrons. The van der Waals surface area contributed by atoms with E-state index in [-0.39, 0.29) is 6.04 Å². The number of carboxylic acids is 2. The van der Waals surface area contributed by atoms with Crippen LogP contribution in [0.15, 0.2) is 0 Å². The van der Waals surface area contributed by atoms with Gasteiger partial charge < -0.3 is 32.3 Å². The minimum absolute atomic E-state index is 0.269. The summed E-state index contributed by atoms with van der Waals surface area (Å²) in [5.41, 5.74) is 9.96. The van der Waals surface area contributed by atoms with Gasteiger partial charge in [-0.15, -0.1) is 0 Å². The maximum atomic E-state index is 10.2. The van der Waals surface area contributed by atoms with Crippen molar-refractivity contribution in [2.75, 3.05) is 13.1 Å². The van der Waals surface area contributed by atoms with Crippen LogP contribution in [0, 0.1) is 0 Å². The molecule has 9 nitrogen and oxygen atoms in total. The van der Waals surface area contributed by atoms with E-state index in [0.717, 1.165) is 19.4 Å². The van der Waals surface area contributed by atoms with Crippen molar-refractivity contribution < 1.29 is 24.6 Å². The standard InChI is InChI=1S/C6H13N3O3.C5H9NO2/c7-4(5(10)11)2-1-3-9-6(8)12;7-5(8)4-2-1-3-6-4/h4H,1-3,7H2,(H,10,11)(H3,8,9,12);4,6H,1-3H2,(H,7,8). The molecule has 0 aromatic carbocycles. The Hall–Kier alpha value is -1.87. The van der Waals surface area contributed by atoms with Gasteiger partial charge in [-0.2, -0.15) is 0 Å². The number of urea groups is 1. The van der Waals surface area contributed by atoms with Gasteiger partial charge >= 0.3 is 18.0 Å². The van der Waals surface area contributed by atoms with E-state index >= 15 is 0 Å². The molecule has 1 saturated heterocycles. The predicted molar refractivity (Wildman–Crippen MR) is 71.1 cm³/mol. The Balaban J connectivity index is 0.000000388. The molecule has 8 N–H and O–H groups in total. The summed E-state index contributed by atoms with van der Waals surface area (Å²) in [7, 11) is 0. The number of carbonyl (C=O) groups excluding carboxylic acids is 1. The van der Waals surface area contributed by atoms with Crippen molar-refractivity contribution in [3.63, 3.8) is 0 Å². The van der Waals surface area contributed by atoms with E-state index in [4.69, 9.17) is 21.7 Å². The monoisotopic (exact) mass is 290 g/mol. The fourth-order valence-electron chi connectivity index (χ4n) is 1.55. The van der Waals surface area contributed by atoms with Gasteiger partial charge in [0, 0.05) is 6.54 Å². The summed E-state index contributed by atoms with van der Waals surface area (Å²) in [6.45, 7) is 1.22. The third kappa shape index (κ3) is 9.11. The number of carboxylic acid groups (broad SMARTS) is 2. The average Bonchev–Trinajstić information content (AvgIpc) is 2.88. The normalized spacial score (nSPS) is 18.6. The van der Waals surface area contributed by atoms with Gasteiger partial charge in [0.05, 0.1) is 0 Å². The summed E-state index contributed by atoms with van der Waals surface area (Å²) in [6.07, 6.45) is 2.62. The predicted octanol–water partition coefficient (Wildman–Crippen LogP) is -1.33. The van der Waals surface area contributed by atoms with Crippen LogP contribution in [0.5, 0.6) is 0 Å². The number of carbonyl (C=O) groups is 3. The number of amides is 2. The maximum Gasteiger partial charge on any atom is 0.320 e. The van der Waals surface area contributed by atoms with Crippen molar-refractivity contribution in [3.8, 4) is 0 Å². The molecule has 9 heteroatoms. The first-order valence-electron chi connectivity index (χ1n) is 6.32. The van der Waals surface area contributed by atoms with Crippen LogP contribution in [-0.4, -0.2) is 53.4 Å². The summed E-state index contributed by atoms with van der Waals surface area (Å²) in [6, 6.07) is -1.74. The fraction of sp³-hybridized carbons (Fsp3) is 0.727. The van der Waals surface area contributed by atoms with Gasteiger partial charge in [0.2, 0.25) is 0 Å². The Morgan fingerprint density at radius 2 is 2.00 bits per heavy atom. The first-order valence-corrected chi connectivity index (χ1v) is 6.32. The van der Waals surface area contributed by atoms with E-state index in [9.17, 15) is 14.4 Å². The van der Waals surface area contributed by atoms with Crippen LogP contribution in [0.3, 0.4) is 0 Å². The number of nitrogens with two attached hydrogens (primary N) is 2. The second-order valence-corrected chi connectivity index (χ2v) is 4.37. The second kappa shape index (κ2) is 9.98. The summed E-state index contributed by atoms with van der Waals surface area (Å²) in [5.74, 6) is -1.75. The summed E-state index contributed by atoms with van der Waals surface area (Å²) in [5, 5.41) is 21.9. The molecule has 1 aliphatic heterocycles. The molecule has 1 aliphatic rings. The molecule has 2 amide bonds. The topological polar surface area (TPSA) is 168 Å². The van der Waals surface area contributed by atoms with Gasteiger partial charge in [0.15, 0.2) is 0 Å². The lowest BCUT2D eigenvalue weighted by molar-refractivity contribution is -0.139. The van der Waals surface area contributed by atoms with Crippen molar-refractivity contribution >= 4 is 18.0 Å². The molecular formula is C11H22N4O5. The third-order valence-electron chi connectivity index (χ3n) is 2.67. The van der Waals surface area contributed by atoms with Crippen molar-refractivity contribution in [1.82, 2.24) is 10.6 Å². The molecular weight excluding hydrogens is 268 g/mol. The van der Waals surface area contributed by atoms with Crippen LogP contribution >= 0.6 is 0 Å². The fourth-order valence-corrected chi connectivity index (χ4v) is 1.55. The molecule has 0 aromatic rings. The maximum absolute atomic E-state index is 10.2. The molecule has 1 rings (SSSR count). The Bertz CT molecular complexity index is 331. The molecule has 2 atom stereocenters. The Morgan fingerprint density at radius 1 is 1.35 bits per heavy atom. The molecule has 0 aliphatic carbocycles. The molecule has 116 valence electrons. The molecule has 0 spiro atoms. The molecule has 2 unspecified atom stereocenters. The molecule has 1 fully saturated rings. The Kier molecular flexibility index (Phi) is 9.05. The number of nitrogens with one attached hydrogen (secondary N) is 2. The van der Waals surface area contributed by atoms with Crippen molar-refractivity contribution in [2.45, 2.75) is 37.8 Å². The minimum atomic E-state index is -1.03. The minimum Gasteiger partial charge on any atom is -0.480 e. The van der Waals surface area contributed by atoms with Crippen molar-refractivity contribution in [1.29, 1.82) is 0 Å². The highest BCUT2D eigenvalue weighted by Gasteiger charge is 2.20. The van der Waals surface area contributed by atoms with E-state index < -0.39 is 24.0 Å². The lowest BCUT2D eigenvalue weighted by Crippen LogP contribution is -2.33. The number of hydrogen-bond acceptors (Lipinski definition) is 5. The van der Waals surface area contributed by atoms with Crippen LogP contribution < -0.4 is 22.1 Å². The largest absolute Gasteiger partial charge is 0.480 e. The zero-order chi connectivity index (χ0) is 15.5. The van der Waals surface area contributed by atoms with Crippen molar-refractivity contribution in [3.05, 3.63) is 0 Å². The van der Waals surface area contributed by atoms with Gasteiger partial charge in [-0.05, 0) is 32.2 Å². The van der Waals surface area contributed by atoms with Gasteiger partial charge in [-0.1, -0.05) is 0 Å². The van der Waals surface area contributed by atoms with E-state index in [1.807, 2.05) is 0 Å². The quantitative estimate of drug-likeness (QED) is 0.329. The summed E-state index contributed by atoms with van der Waals surface area (Å²) >= 11 is 0. The first-order chi connectivity index (χ1) is 9.34. The molecule has 0 saturated carbocycles. The molecule has 0 aromatic heterocycles. The lowest BCUT2D eigenvalue weighted by Gasteiger charge is -2.05. The van der Waals surface area contributed by atoms with Crippen molar-refractivity contribution in [2.24, 2.45) is 11.5 Å². The highest BCUT2D eigenvalue weighted by atomic mass is 16.4. The highest BCUT2D eigenvalue weighted by molar-refractivity contribution is 5.73. The van der Waals surface area contributed by atoms with E-state index in [2.05, 4.69) is 10.6 Å². The Morgan fingerprint density at radius 3 is 2.35 bits per heavy atom. The van der Waals surface area contributed by atoms with Gasteiger partial charge in [-0.3, -0.25) is 9.59 Å². The molecule has 0 bridgehead atoms. The smallest absolute Gasteiger partial charge is 0.320 e. The number of primary amides is 1. The summed E-state index contributed by atoms with van der Waals surface area (Å²) in [4.78, 5) is 30.5. The van der Waals surface area contributed by atoms with Gasteiger partial charge in [-0.25, -0.2) is 4.79 Å². The van der Waals surface area contributed by atoms with Crippen LogP contribution in [-0.2, 0) is 9.59 Å². The zero-order valence-electron chi connectivity index (χ0n) is 11.2. The van der Waals surface area contributed by atoms with Crippen LogP contribution in [0.2, 0.25) is 0 Å². The third-order valence-corrected chi connectivity index (χ3v) is 2.67. The lowest BCUT2D eigenvalue weighted by atomic mass is 10.2. The van der Waals surface area contributed by atoms with E-state index in [0.29, 0.717) is 19.4 Å². The second-order valence-electron chi connectivity index (χ2n) is 4.37. The van der Waals surface area contributed by atoms with E-state index in [1.165, 1.54) is 0 Å². The SMILES string of the molecule is NC(=O)NCCCC(N)C(=O)O.O=C(O)C1CCCN1. The zero-order valence-corrected chi connectivity index (χ0v) is 11.2. The van der Waals surface area contributed by atoms with E-state index in [1.54, 1.807) is 0 Å². The highest BCUT2D eigenvalue weighted by Crippen LogP contribution is 2.03. The Labute approximate surface area is 116 Å². The first kappa shape index (κ1) is 18.1. The van der Waals surface area contributed by atoms with Crippen LogP contribution in [0.4, 0.5) is 4.79 Å². The number of rotatable bonds is 6. The number of hydrogen-bond donors (Lipinski definition) is 6. The average molecular weight is 290 g/mol. The van der Waals surface area contributed by atoms with Crippen LogP contribution in [0.25, 0.3) is 0 Å². The summed E-state index contributed by atoms with van der Waals surface area (Å²) < 4.78 is 0. The van der Waals surface area contributed by atoms with Crippen LogP contribution in [0.1, 0.15) is 25.7 Å². The van der Waals surface area contributed by atoms with Gasteiger partial charge in [0.25, 0.3) is 0 Å². The molecule has 20 heavy (non-hydrogen) atoms. The molecule has 1 heterocycles.